The Kier molecular flexibility index (Phi) is 3.15. The Labute approximate surface area is 117 Å². The summed E-state index contributed by atoms with van der Waals surface area (Å²) in [5, 5.41) is 14.7. The van der Waals surface area contributed by atoms with E-state index in [2.05, 4.69) is 16.7 Å². The molecule has 1 fully saturated rings. The fourth-order valence-electron chi connectivity index (χ4n) is 2.91. The van der Waals surface area contributed by atoms with Crippen LogP contribution in [-0.2, 0) is 11.2 Å². The van der Waals surface area contributed by atoms with E-state index < -0.39 is 0 Å². The summed E-state index contributed by atoms with van der Waals surface area (Å²) in [6.07, 6.45) is 3.01. The van der Waals surface area contributed by atoms with Gasteiger partial charge in [-0.1, -0.05) is 0 Å². The van der Waals surface area contributed by atoms with Crippen molar-refractivity contribution in [1.82, 2.24) is 5.32 Å². The number of rotatable bonds is 2. The molecule has 0 saturated heterocycles. The van der Waals surface area contributed by atoms with Crippen molar-refractivity contribution in [3.8, 4) is 6.07 Å². The van der Waals surface area contributed by atoms with E-state index in [-0.39, 0.29) is 23.8 Å². The van der Waals surface area contributed by atoms with Gasteiger partial charge in [-0.15, -0.1) is 0 Å². The van der Waals surface area contributed by atoms with E-state index in [1.807, 2.05) is 0 Å². The highest BCUT2D eigenvalue weighted by Gasteiger charge is 2.29. The zero-order valence-corrected chi connectivity index (χ0v) is 11.0. The molecule has 1 aliphatic heterocycles. The third-order valence-electron chi connectivity index (χ3n) is 3.99. The average Bonchev–Trinajstić information content (AvgIpc) is 3.02. The molecule has 5 nitrogen and oxygen atoms in total. The van der Waals surface area contributed by atoms with Gasteiger partial charge in [0.1, 0.15) is 0 Å². The summed E-state index contributed by atoms with van der Waals surface area (Å²) >= 11 is 0. The van der Waals surface area contributed by atoms with Crippen LogP contribution in [-0.4, -0.2) is 17.9 Å². The second-order valence-electron chi connectivity index (χ2n) is 5.34. The number of hydrogen-bond donors (Lipinski definition) is 2. The molecule has 2 amide bonds. The number of nitriles is 1. The first-order valence-electron chi connectivity index (χ1n) is 6.80. The molecular formula is C15H15N3O2. The van der Waals surface area contributed by atoms with Crippen LogP contribution in [0.15, 0.2) is 18.2 Å². The highest BCUT2D eigenvalue weighted by atomic mass is 16.2. The lowest BCUT2D eigenvalue weighted by Crippen LogP contribution is -2.36. The first-order chi connectivity index (χ1) is 9.67. The molecule has 102 valence electrons. The molecule has 1 saturated carbocycles. The van der Waals surface area contributed by atoms with Crippen molar-refractivity contribution >= 4 is 17.5 Å². The second-order valence-corrected chi connectivity index (χ2v) is 5.34. The Morgan fingerprint density at radius 1 is 1.40 bits per heavy atom. The van der Waals surface area contributed by atoms with Gasteiger partial charge >= 0.3 is 0 Å². The van der Waals surface area contributed by atoms with Crippen LogP contribution in [0, 0.1) is 17.2 Å². The molecule has 2 unspecified atom stereocenters. The molecule has 1 aromatic rings. The van der Waals surface area contributed by atoms with Gasteiger partial charge in [-0.05, 0) is 43.0 Å². The molecule has 1 aromatic carbocycles. The molecule has 0 spiro atoms. The molecule has 20 heavy (non-hydrogen) atoms. The first-order valence-corrected chi connectivity index (χ1v) is 6.80. The number of benzene rings is 1. The minimum Gasteiger partial charge on any atom is -0.348 e. The molecule has 1 aliphatic carbocycles. The number of hydrogen-bond acceptors (Lipinski definition) is 3. The van der Waals surface area contributed by atoms with Crippen LogP contribution in [0.2, 0.25) is 0 Å². The molecule has 0 bridgehead atoms. The van der Waals surface area contributed by atoms with Crippen LogP contribution in [0.5, 0.6) is 0 Å². The standard InChI is InChI=1S/C15H15N3O2/c16-8-10-2-1-3-12(10)18-15(20)9-4-5-13-11(6-9)7-14(19)17-13/h4-6,10,12H,1-3,7H2,(H,17,19)(H,18,20). The van der Waals surface area contributed by atoms with E-state index >= 15 is 0 Å². The van der Waals surface area contributed by atoms with Crippen molar-refractivity contribution in [2.75, 3.05) is 5.32 Å². The molecule has 0 aromatic heterocycles. The van der Waals surface area contributed by atoms with Crippen LogP contribution >= 0.6 is 0 Å². The number of anilines is 1. The van der Waals surface area contributed by atoms with Gasteiger partial charge in [-0.2, -0.15) is 5.26 Å². The van der Waals surface area contributed by atoms with Crippen molar-refractivity contribution < 1.29 is 9.59 Å². The van der Waals surface area contributed by atoms with E-state index in [9.17, 15) is 9.59 Å². The largest absolute Gasteiger partial charge is 0.348 e. The third kappa shape index (κ3) is 2.25. The maximum absolute atomic E-state index is 12.2. The maximum atomic E-state index is 12.2. The van der Waals surface area contributed by atoms with Gasteiger partial charge in [0.05, 0.1) is 18.4 Å². The van der Waals surface area contributed by atoms with Crippen molar-refractivity contribution in [3.63, 3.8) is 0 Å². The van der Waals surface area contributed by atoms with E-state index in [1.54, 1.807) is 18.2 Å². The molecule has 5 heteroatoms. The van der Waals surface area contributed by atoms with E-state index in [4.69, 9.17) is 5.26 Å². The number of nitrogens with zero attached hydrogens (tertiary/aromatic N) is 1. The summed E-state index contributed by atoms with van der Waals surface area (Å²) in [7, 11) is 0. The molecule has 3 rings (SSSR count). The lowest BCUT2D eigenvalue weighted by atomic mass is 10.0. The zero-order chi connectivity index (χ0) is 14.1. The van der Waals surface area contributed by atoms with E-state index in [1.165, 1.54) is 0 Å². The molecule has 0 radical (unpaired) electrons. The quantitative estimate of drug-likeness (QED) is 0.855. The Bertz CT molecular complexity index is 618. The fraction of sp³-hybridized carbons (Fsp3) is 0.400. The van der Waals surface area contributed by atoms with Crippen LogP contribution in [0.25, 0.3) is 0 Å². The average molecular weight is 269 g/mol. The fourth-order valence-corrected chi connectivity index (χ4v) is 2.91. The summed E-state index contributed by atoms with van der Waals surface area (Å²) in [5.41, 5.74) is 2.18. The van der Waals surface area contributed by atoms with Gasteiger partial charge in [0.25, 0.3) is 5.91 Å². The Hall–Kier alpha value is -2.35. The van der Waals surface area contributed by atoms with Gasteiger partial charge < -0.3 is 10.6 Å². The predicted molar refractivity (Wildman–Crippen MR) is 73.0 cm³/mol. The minimum atomic E-state index is -0.167. The number of nitrogens with one attached hydrogen (secondary N) is 2. The molecular weight excluding hydrogens is 254 g/mol. The maximum Gasteiger partial charge on any atom is 0.251 e. The SMILES string of the molecule is N#CC1CCCC1NC(=O)c1ccc2c(c1)CC(=O)N2. The Morgan fingerprint density at radius 2 is 2.25 bits per heavy atom. The zero-order valence-electron chi connectivity index (χ0n) is 11.0. The number of carbonyl (C=O) groups excluding carboxylic acids is 2. The molecule has 2 aliphatic rings. The first kappa shape index (κ1) is 12.7. The van der Waals surface area contributed by atoms with E-state index in [0.29, 0.717) is 12.0 Å². The van der Waals surface area contributed by atoms with Gasteiger partial charge in [0.15, 0.2) is 0 Å². The van der Waals surface area contributed by atoms with Gasteiger partial charge in [0, 0.05) is 17.3 Å². The van der Waals surface area contributed by atoms with Gasteiger partial charge in [-0.3, -0.25) is 9.59 Å². The normalized spacial score (nSPS) is 23.9. The van der Waals surface area contributed by atoms with Crippen molar-refractivity contribution in [2.24, 2.45) is 5.92 Å². The van der Waals surface area contributed by atoms with Crippen molar-refractivity contribution in [2.45, 2.75) is 31.7 Å². The lowest BCUT2D eigenvalue weighted by molar-refractivity contribution is -0.115. The van der Waals surface area contributed by atoms with Crippen molar-refractivity contribution in [1.29, 1.82) is 5.26 Å². The molecule has 2 atom stereocenters. The summed E-state index contributed by atoms with van der Waals surface area (Å²) in [6.45, 7) is 0. The van der Waals surface area contributed by atoms with Gasteiger partial charge in [-0.25, -0.2) is 0 Å². The number of carbonyl (C=O) groups is 2. The summed E-state index contributed by atoms with van der Waals surface area (Å²) in [6, 6.07) is 7.40. The summed E-state index contributed by atoms with van der Waals surface area (Å²) < 4.78 is 0. The summed E-state index contributed by atoms with van der Waals surface area (Å²) in [5.74, 6) is -0.297. The highest BCUT2D eigenvalue weighted by Crippen LogP contribution is 2.26. The smallest absolute Gasteiger partial charge is 0.251 e. The van der Waals surface area contributed by atoms with Gasteiger partial charge in [0.2, 0.25) is 5.91 Å². The van der Waals surface area contributed by atoms with Crippen LogP contribution < -0.4 is 10.6 Å². The second kappa shape index (κ2) is 4.97. The van der Waals surface area contributed by atoms with Crippen LogP contribution in [0.4, 0.5) is 5.69 Å². The summed E-state index contributed by atoms with van der Waals surface area (Å²) in [4.78, 5) is 23.5. The predicted octanol–water partition coefficient (Wildman–Crippen LogP) is 1.60. The molecule has 2 N–H and O–H groups in total. The Morgan fingerprint density at radius 3 is 3.05 bits per heavy atom. The van der Waals surface area contributed by atoms with Crippen LogP contribution in [0.3, 0.4) is 0 Å². The highest BCUT2D eigenvalue weighted by molar-refractivity contribution is 6.01. The minimum absolute atomic E-state index is 0.0436. The Balaban J connectivity index is 1.74. The third-order valence-corrected chi connectivity index (χ3v) is 3.99. The number of fused-ring (bicyclic) bond motifs is 1. The molecule has 1 heterocycles. The number of amides is 2. The topological polar surface area (TPSA) is 82.0 Å². The van der Waals surface area contributed by atoms with Crippen molar-refractivity contribution in [3.05, 3.63) is 29.3 Å². The monoisotopic (exact) mass is 269 g/mol. The van der Waals surface area contributed by atoms with Crippen LogP contribution in [0.1, 0.15) is 35.2 Å². The lowest BCUT2D eigenvalue weighted by Gasteiger charge is -2.15. The van der Waals surface area contributed by atoms with E-state index in [0.717, 1.165) is 30.5 Å².